The number of rotatable bonds is 3. The second kappa shape index (κ2) is 5.69. The molecule has 0 aliphatic rings. The Morgan fingerprint density at radius 3 is 2.50 bits per heavy atom. The van der Waals surface area contributed by atoms with Gasteiger partial charge in [-0.2, -0.15) is 0 Å². The van der Waals surface area contributed by atoms with Crippen molar-refractivity contribution in [1.29, 1.82) is 0 Å². The van der Waals surface area contributed by atoms with E-state index in [0.29, 0.717) is 16.7 Å². The van der Waals surface area contributed by atoms with Crippen molar-refractivity contribution >= 4 is 22.7 Å². The summed E-state index contributed by atoms with van der Waals surface area (Å²) >= 11 is 6.21. The molecule has 22 heavy (non-hydrogen) atoms. The predicted octanol–water partition coefficient (Wildman–Crippen LogP) is 4.39. The van der Waals surface area contributed by atoms with Crippen molar-refractivity contribution in [2.24, 2.45) is 0 Å². The molecule has 6 heteroatoms. The standard InChI is InChI=1S/C16H13ClN2O3/c1-9-7-13(10(2)21-9)15-18-19-16(22-15)14(17)8-11-3-5-12(20)6-4-11/h3-8,20H,1-2H3/b14-8-. The molecule has 0 spiro atoms. The van der Waals surface area contributed by atoms with Crippen LogP contribution in [0, 0.1) is 13.8 Å². The molecular formula is C16H13ClN2O3. The zero-order chi connectivity index (χ0) is 15.7. The number of phenolic OH excluding ortho intramolecular Hbond substituents is 1. The van der Waals surface area contributed by atoms with Gasteiger partial charge in [0.1, 0.15) is 22.3 Å². The molecule has 0 atom stereocenters. The minimum absolute atomic E-state index is 0.194. The Morgan fingerprint density at radius 2 is 1.86 bits per heavy atom. The number of benzene rings is 1. The minimum atomic E-state index is 0.194. The highest BCUT2D eigenvalue weighted by atomic mass is 35.5. The van der Waals surface area contributed by atoms with Crippen molar-refractivity contribution in [2.75, 3.05) is 0 Å². The molecule has 1 N–H and O–H groups in total. The number of hydrogen-bond acceptors (Lipinski definition) is 5. The van der Waals surface area contributed by atoms with Crippen LogP contribution in [-0.4, -0.2) is 15.3 Å². The zero-order valence-corrected chi connectivity index (χ0v) is 12.8. The summed E-state index contributed by atoms with van der Waals surface area (Å²) in [5.41, 5.74) is 1.57. The first-order chi connectivity index (χ1) is 10.5. The average Bonchev–Trinajstić information content (AvgIpc) is 3.08. The quantitative estimate of drug-likeness (QED) is 0.775. The van der Waals surface area contributed by atoms with Crippen molar-refractivity contribution in [1.82, 2.24) is 10.2 Å². The Balaban J connectivity index is 1.90. The van der Waals surface area contributed by atoms with E-state index in [0.717, 1.165) is 16.9 Å². The number of furan rings is 1. The third-order valence-corrected chi connectivity index (χ3v) is 3.36. The van der Waals surface area contributed by atoms with Gasteiger partial charge in [-0.15, -0.1) is 10.2 Å². The van der Waals surface area contributed by atoms with Crippen LogP contribution >= 0.6 is 11.6 Å². The fraction of sp³-hybridized carbons (Fsp3) is 0.125. The van der Waals surface area contributed by atoms with E-state index >= 15 is 0 Å². The van der Waals surface area contributed by atoms with Gasteiger partial charge in [-0.1, -0.05) is 23.7 Å². The maximum Gasteiger partial charge on any atom is 0.259 e. The van der Waals surface area contributed by atoms with Crippen LogP contribution in [0.4, 0.5) is 0 Å². The van der Waals surface area contributed by atoms with Crippen LogP contribution in [-0.2, 0) is 0 Å². The Hall–Kier alpha value is -2.53. The van der Waals surface area contributed by atoms with Crippen LogP contribution in [0.1, 0.15) is 23.0 Å². The summed E-state index contributed by atoms with van der Waals surface area (Å²) in [5, 5.41) is 17.5. The van der Waals surface area contributed by atoms with Crippen LogP contribution in [0.5, 0.6) is 5.75 Å². The van der Waals surface area contributed by atoms with Gasteiger partial charge in [0.15, 0.2) is 0 Å². The van der Waals surface area contributed by atoms with Gasteiger partial charge in [-0.05, 0) is 43.7 Å². The average molecular weight is 317 g/mol. The van der Waals surface area contributed by atoms with E-state index < -0.39 is 0 Å². The molecule has 0 saturated heterocycles. The van der Waals surface area contributed by atoms with Gasteiger partial charge in [-0.3, -0.25) is 0 Å². The van der Waals surface area contributed by atoms with Gasteiger partial charge < -0.3 is 13.9 Å². The van der Waals surface area contributed by atoms with Crippen molar-refractivity contribution in [3.63, 3.8) is 0 Å². The van der Waals surface area contributed by atoms with Gasteiger partial charge in [-0.25, -0.2) is 0 Å². The van der Waals surface area contributed by atoms with E-state index in [1.54, 1.807) is 30.3 Å². The van der Waals surface area contributed by atoms with Gasteiger partial charge >= 0.3 is 0 Å². The summed E-state index contributed by atoms with van der Waals surface area (Å²) in [6, 6.07) is 8.46. The molecular weight excluding hydrogens is 304 g/mol. The lowest BCUT2D eigenvalue weighted by Gasteiger charge is -1.95. The summed E-state index contributed by atoms with van der Waals surface area (Å²) < 4.78 is 11.0. The van der Waals surface area contributed by atoms with Gasteiger partial charge in [0, 0.05) is 0 Å². The summed E-state index contributed by atoms with van der Waals surface area (Å²) in [7, 11) is 0. The van der Waals surface area contributed by atoms with Crippen molar-refractivity contribution in [3.8, 4) is 17.2 Å². The smallest absolute Gasteiger partial charge is 0.259 e. The maximum absolute atomic E-state index is 9.26. The van der Waals surface area contributed by atoms with Crippen LogP contribution in [0.3, 0.4) is 0 Å². The number of aromatic hydroxyl groups is 1. The lowest BCUT2D eigenvalue weighted by atomic mass is 10.2. The Labute approximate surface area is 131 Å². The molecule has 0 radical (unpaired) electrons. The fourth-order valence-corrected chi connectivity index (χ4v) is 2.25. The largest absolute Gasteiger partial charge is 0.508 e. The van der Waals surface area contributed by atoms with Crippen LogP contribution in [0.25, 0.3) is 22.6 Å². The molecule has 3 rings (SSSR count). The first-order valence-electron chi connectivity index (χ1n) is 6.60. The molecule has 0 amide bonds. The summed E-state index contributed by atoms with van der Waals surface area (Å²) in [5.74, 6) is 2.27. The van der Waals surface area contributed by atoms with E-state index in [-0.39, 0.29) is 11.6 Å². The van der Waals surface area contributed by atoms with Gasteiger partial charge in [0.05, 0.1) is 5.56 Å². The minimum Gasteiger partial charge on any atom is -0.508 e. The van der Waals surface area contributed by atoms with Crippen LogP contribution in [0.2, 0.25) is 0 Å². The predicted molar refractivity (Wildman–Crippen MR) is 83.3 cm³/mol. The highest BCUT2D eigenvalue weighted by molar-refractivity contribution is 6.50. The molecule has 112 valence electrons. The number of halogens is 1. The highest BCUT2D eigenvalue weighted by Gasteiger charge is 2.16. The summed E-state index contributed by atoms with van der Waals surface area (Å²) in [4.78, 5) is 0. The van der Waals surface area contributed by atoms with E-state index in [4.69, 9.17) is 20.4 Å². The molecule has 5 nitrogen and oxygen atoms in total. The van der Waals surface area contributed by atoms with Crippen molar-refractivity contribution in [2.45, 2.75) is 13.8 Å². The number of nitrogens with zero attached hydrogens (tertiary/aromatic N) is 2. The van der Waals surface area contributed by atoms with E-state index in [1.165, 1.54) is 0 Å². The number of phenols is 1. The monoisotopic (exact) mass is 316 g/mol. The van der Waals surface area contributed by atoms with Crippen molar-refractivity contribution in [3.05, 3.63) is 53.3 Å². The summed E-state index contributed by atoms with van der Waals surface area (Å²) in [6.07, 6.45) is 1.69. The normalized spacial score (nSPS) is 11.9. The lowest BCUT2D eigenvalue weighted by molar-refractivity contribution is 0.475. The number of aryl methyl sites for hydroxylation is 2. The molecule has 0 aliphatic carbocycles. The Morgan fingerprint density at radius 1 is 1.14 bits per heavy atom. The van der Waals surface area contributed by atoms with Crippen molar-refractivity contribution < 1.29 is 13.9 Å². The molecule has 0 fully saturated rings. The number of hydrogen-bond donors (Lipinski definition) is 1. The second-order valence-corrected chi connectivity index (χ2v) is 5.23. The van der Waals surface area contributed by atoms with E-state index in [9.17, 15) is 5.11 Å². The highest BCUT2D eigenvalue weighted by Crippen LogP contribution is 2.28. The molecule has 0 saturated carbocycles. The summed E-state index contributed by atoms with van der Waals surface area (Å²) in [6.45, 7) is 3.69. The molecule has 2 aromatic heterocycles. The first kappa shape index (κ1) is 14.4. The van der Waals surface area contributed by atoms with Gasteiger partial charge in [0.2, 0.25) is 0 Å². The topological polar surface area (TPSA) is 72.3 Å². The third kappa shape index (κ3) is 2.89. The first-order valence-corrected chi connectivity index (χ1v) is 6.98. The van der Waals surface area contributed by atoms with Crippen LogP contribution in [0.15, 0.2) is 39.2 Å². The Kier molecular flexibility index (Phi) is 3.73. The zero-order valence-electron chi connectivity index (χ0n) is 12.0. The third-order valence-electron chi connectivity index (χ3n) is 3.09. The molecule has 0 bridgehead atoms. The van der Waals surface area contributed by atoms with E-state index in [1.807, 2.05) is 19.9 Å². The fourth-order valence-electron chi connectivity index (χ4n) is 2.05. The Bertz CT molecular complexity index is 831. The lowest BCUT2D eigenvalue weighted by Crippen LogP contribution is -1.78. The molecule has 0 aliphatic heterocycles. The maximum atomic E-state index is 9.26. The van der Waals surface area contributed by atoms with Crippen LogP contribution < -0.4 is 0 Å². The molecule has 1 aromatic carbocycles. The SMILES string of the molecule is Cc1cc(-c2nnc(/C(Cl)=C/c3ccc(O)cc3)o2)c(C)o1. The second-order valence-electron chi connectivity index (χ2n) is 4.82. The molecule has 0 unspecified atom stereocenters. The van der Waals surface area contributed by atoms with Gasteiger partial charge in [0.25, 0.3) is 11.8 Å². The molecule has 2 heterocycles. The van der Waals surface area contributed by atoms with E-state index in [2.05, 4.69) is 10.2 Å². The number of aromatic nitrogens is 2. The molecule has 3 aromatic rings.